The van der Waals surface area contributed by atoms with E-state index in [4.69, 9.17) is 0 Å². The maximum atomic E-state index is 2.43. The van der Waals surface area contributed by atoms with Crippen molar-refractivity contribution in [3.8, 4) is 22.3 Å². The monoisotopic (exact) mass is 569 g/mol. The zero-order valence-corrected chi connectivity index (χ0v) is 25.5. The molecule has 2 aliphatic carbocycles. The highest BCUT2D eigenvalue weighted by atomic mass is 15.1. The van der Waals surface area contributed by atoms with E-state index >= 15 is 0 Å². The molecule has 44 heavy (non-hydrogen) atoms. The molecule has 0 amide bonds. The molecule has 0 aromatic heterocycles. The largest absolute Gasteiger partial charge is 0.311 e. The fraction of sp³-hybridized carbons (Fsp3) is 0.163. The molecule has 216 valence electrons. The van der Waals surface area contributed by atoms with Crippen LogP contribution in [0.15, 0.2) is 146 Å². The lowest BCUT2D eigenvalue weighted by molar-refractivity contribution is 0.742. The van der Waals surface area contributed by atoms with E-state index in [1.54, 1.807) is 0 Å². The summed E-state index contributed by atoms with van der Waals surface area (Å²) in [7, 11) is 0. The van der Waals surface area contributed by atoms with Crippen molar-refractivity contribution in [1.29, 1.82) is 0 Å². The number of allylic oxidation sites excluding steroid dienone is 6. The van der Waals surface area contributed by atoms with Gasteiger partial charge in [0.1, 0.15) is 0 Å². The van der Waals surface area contributed by atoms with Crippen LogP contribution in [0.25, 0.3) is 33.4 Å². The van der Waals surface area contributed by atoms with Gasteiger partial charge in [-0.2, -0.15) is 0 Å². The van der Waals surface area contributed by atoms with E-state index < -0.39 is 0 Å². The average molecular weight is 570 g/mol. The van der Waals surface area contributed by atoms with E-state index in [1.807, 2.05) is 0 Å². The van der Waals surface area contributed by atoms with Crippen LogP contribution in [-0.4, -0.2) is 0 Å². The van der Waals surface area contributed by atoms with E-state index in [0.717, 1.165) is 24.2 Å². The van der Waals surface area contributed by atoms with Gasteiger partial charge in [-0.3, -0.25) is 0 Å². The lowest BCUT2D eigenvalue weighted by Gasteiger charge is -2.26. The van der Waals surface area contributed by atoms with Crippen LogP contribution < -0.4 is 4.90 Å². The van der Waals surface area contributed by atoms with Gasteiger partial charge in [-0.25, -0.2) is 0 Å². The Bertz CT molecular complexity index is 1800. The quantitative estimate of drug-likeness (QED) is 0.188. The smallest absolute Gasteiger partial charge is 0.0462 e. The van der Waals surface area contributed by atoms with E-state index in [0.29, 0.717) is 0 Å². The molecule has 0 unspecified atom stereocenters. The van der Waals surface area contributed by atoms with Crippen LogP contribution in [0.3, 0.4) is 0 Å². The second-order valence-electron chi connectivity index (χ2n) is 12.0. The normalized spacial score (nSPS) is 14.6. The summed E-state index contributed by atoms with van der Waals surface area (Å²) in [6.07, 6.45) is 16.5. The number of rotatable bonds is 7. The molecule has 0 saturated heterocycles. The topological polar surface area (TPSA) is 3.24 Å². The Morgan fingerprint density at radius 1 is 0.432 bits per heavy atom. The van der Waals surface area contributed by atoms with Gasteiger partial charge >= 0.3 is 0 Å². The molecular formula is C43H39N. The summed E-state index contributed by atoms with van der Waals surface area (Å²) >= 11 is 0. The molecule has 1 nitrogen and oxygen atoms in total. The fourth-order valence-corrected chi connectivity index (χ4v) is 6.41. The van der Waals surface area contributed by atoms with Crippen molar-refractivity contribution >= 4 is 28.2 Å². The highest BCUT2D eigenvalue weighted by Crippen LogP contribution is 2.38. The minimum atomic E-state index is 1.11. The highest BCUT2D eigenvalue weighted by Gasteiger charge is 2.15. The van der Waals surface area contributed by atoms with Crippen LogP contribution in [0, 0.1) is 6.92 Å². The number of anilines is 3. The van der Waals surface area contributed by atoms with Gasteiger partial charge in [-0.1, -0.05) is 115 Å². The number of hydrogen-bond donors (Lipinski definition) is 0. The Hall–Kier alpha value is -4.88. The van der Waals surface area contributed by atoms with Crippen molar-refractivity contribution in [2.24, 2.45) is 0 Å². The Balaban J connectivity index is 1.19. The zero-order valence-electron chi connectivity index (χ0n) is 25.5. The molecule has 0 atom stereocenters. The Kier molecular flexibility index (Phi) is 8.11. The van der Waals surface area contributed by atoms with Crippen molar-refractivity contribution in [2.45, 2.75) is 45.4 Å². The van der Waals surface area contributed by atoms with E-state index in [1.165, 1.54) is 81.5 Å². The molecule has 0 heterocycles. The number of hydrogen-bond acceptors (Lipinski definition) is 1. The molecule has 0 saturated carbocycles. The first-order valence-corrected chi connectivity index (χ1v) is 16.1. The van der Waals surface area contributed by atoms with Gasteiger partial charge in [-0.05, 0) is 126 Å². The predicted molar refractivity (Wildman–Crippen MR) is 190 cm³/mol. The Morgan fingerprint density at radius 2 is 0.909 bits per heavy atom. The molecule has 0 bridgehead atoms. The molecule has 5 aromatic rings. The van der Waals surface area contributed by atoms with Gasteiger partial charge < -0.3 is 4.90 Å². The lowest BCUT2D eigenvalue weighted by atomic mass is 9.93. The zero-order chi connectivity index (χ0) is 29.7. The maximum absolute atomic E-state index is 2.43. The van der Waals surface area contributed by atoms with E-state index in [9.17, 15) is 0 Å². The number of benzene rings is 5. The molecular weight excluding hydrogens is 530 g/mol. The van der Waals surface area contributed by atoms with Crippen LogP contribution in [-0.2, 0) is 0 Å². The van der Waals surface area contributed by atoms with Gasteiger partial charge in [0, 0.05) is 17.1 Å². The maximum Gasteiger partial charge on any atom is 0.0462 e. The second-order valence-corrected chi connectivity index (χ2v) is 12.0. The molecule has 0 spiro atoms. The third kappa shape index (κ3) is 6.10. The molecule has 7 rings (SSSR count). The standard InChI is InChI=1S/C43H39N/c1-32-12-14-35(15-13-32)36-16-18-37(19-17-36)40-24-30-43(31-25-40)44(41-26-20-38(21-27-41)33-8-4-2-5-9-33)42-28-22-39(23-29-42)34-10-6-3-7-11-34/h4,8-10,12-31H,2-3,5-7,11H2,1H3. The summed E-state index contributed by atoms with van der Waals surface area (Å²) in [5.41, 5.74) is 15.1. The first-order chi connectivity index (χ1) is 21.7. The third-order valence-electron chi connectivity index (χ3n) is 8.97. The van der Waals surface area contributed by atoms with Gasteiger partial charge in [0.25, 0.3) is 0 Å². The summed E-state index contributed by atoms with van der Waals surface area (Å²) in [4.78, 5) is 2.37. The molecule has 0 radical (unpaired) electrons. The van der Waals surface area contributed by atoms with Gasteiger partial charge in [0.05, 0.1) is 0 Å². The average Bonchev–Trinajstić information content (AvgIpc) is 3.11. The highest BCUT2D eigenvalue weighted by molar-refractivity contribution is 5.82. The number of nitrogens with zero attached hydrogens (tertiary/aromatic N) is 1. The second kappa shape index (κ2) is 12.8. The number of aryl methyl sites for hydroxylation is 1. The molecule has 0 N–H and O–H groups in total. The van der Waals surface area contributed by atoms with Gasteiger partial charge in [0.15, 0.2) is 0 Å². The first kappa shape index (κ1) is 27.9. The Morgan fingerprint density at radius 3 is 1.39 bits per heavy atom. The van der Waals surface area contributed by atoms with Crippen molar-refractivity contribution in [3.63, 3.8) is 0 Å². The van der Waals surface area contributed by atoms with Crippen molar-refractivity contribution < 1.29 is 0 Å². The summed E-state index contributed by atoms with van der Waals surface area (Å²) in [6.45, 7) is 2.13. The third-order valence-corrected chi connectivity index (χ3v) is 8.97. The Labute approximate surface area is 262 Å². The minimum Gasteiger partial charge on any atom is -0.311 e. The summed E-state index contributed by atoms with van der Waals surface area (Å²) in [6, 6.07) is 44.8. The van der Waals surface area contributed by atoms with Crippen molar-refractivity contribution in [1.82, 2.24) is 0 Å². The predicted octanol–water partition coefficient (Wildman–Crippen LogP) is 12.5. The van der Waals surface area contributed by atoms with Crippen molar-refractivity contribution in [2.75, 3.05) is 4.90 Å². The van der Waals surface area contributed by atoms with Crippen LogP contribution in [0.4, 0.5) is 17.1 Å². The molecule has 2 aliphatic rings. The molecule has 5 aromatic carbocycles. The van der Waals surface area contributed by atoms with Crippen LogP contribution >= 0.6 is 0 Å². The van der Waals surface area contributed by atoms with E-state index in [2.05, 4.69) is 157 Å². The van der Waals surface area contributed by atoms with Crippen molar-refractivity contribution in [3.05, 3.63) is 162 Å². The lowest BCUT2D eigenvalue weighted by Crippen LogP contribution is -2.10. The van der Waals surface area contributed by atoms with Crippen LogP contribution in [0.1, 0.15) is 55.2 Å². The van der Waals surface area contributed by atoms with E-state index in [-0.39, 0.29) is 0 Å². The molecule has 0 aliphatic heterocycles. The molecule has 0 fully saturated rings. The summed E-state index contributed by atoms with van der Waals surface area (Å²) < 4.78 is 0. The van der Waals surface area contributed by atoms with Crippen LogP contribution in [0.5, 0.6) is 0 Å². The summed E-state index contributed by atoms with van der Waals surface area (Å²) in [5.74, 6) is 0. The summed E-state index contributed by atoms with van der Waals surface area (Å²) in [5, 5.41) is 0. The fourth-order valence-electron chi connectivity index (χ4n) is 6.41. The van der Waals surface area contributed by atoms with Gasteiger partial charge in [0.2, 0.25) is 0 Å². The van der Waals surface area contributed by atoms with Crippen LogP contribution in [0.2, 0.25) is 0 Å². The minimum absolute atomic E-state index is 1.11. The molecule has 1 heteroatoms. The first-order valence-electron chi connectivity index (χ1n) is 16.1. The van der Waals surface area contributed by atoms with Gasteiger partial charge in [-0.15, -0.1) is 0 Å². The SMILES string of the molecule is Cc1ccc(-c2ccc(-c3ccc(N(c4ccc(C5=CCCC=C5)cc4)c4ccc(C5=CCCCC5)cc4)cc3)cc2)cc1.